The van der Waals surface area contributed by atoms with E-state index in [9.17, 15) is 4.79 Å². The summed E-state index contributed by atoms with van der Waals surface area (Å²) in [7, 11) is 0. The molecule has 1 saturated carbocycles. The van der Waals surface area contributed by atoms with Crippen LogP contribution in [-0.4, -0.2) is 5.91 Å². The summed E-state index contributed by atoms with van der Waals surface area (Å²) in [6.07, 6.45) is 6.90. The second kappa shape index (κ2) is 4.69. The van der Waals surface area contributed by atoms with Gasteiger partial charge in [-0.3, -0.25) is 4.79 Å². The molecule has 3 heteroatoms. The van der Waals surface area contributed by atoms with Crippen molar-refractivity contribution in [2.75, 3.05) is 5.32 Å². The zero-order valence-corrected chi connectivity index (χ0v) is 12.0. The number of amides is 1. The number of nitrogens with one attached hydrogen (secondary N) is 1. The highest BCUT2D eigenvalue weighted by Gasteiger charge is 2.31. The number of fused-ring (bicyclic) bond motifs is 1. The van der Waals surface area contributed by atoms with Gasteiger partial charge in [0.15, 0.2) is 0 Å². The Labute approximate surface area is 113 Å². The van der Waals surface area contributed by atoms with Crippen LogP contribution in [0.3, 0.4) is 0 Å². The zero-order chi connectivity index (χ0) is 12.7. The molecule has 3 rings (SSSR count). The fourth-order valence-electron chi connectivity index (χ4n) is 2.85. The molecule has 1 aromatic heterocycles. The highest BCUT2D eigenvalue weighted by molar-refractivity contribution is 7.16. The molecule has 2 aliphatic carbocycles. The third kappa shape index (κ3) is 2.20. The van der Waals surface area contributed by atoms with E-state index in [-0.39, 0.29) is 5.91 Å². The Hall–Kier alpha value is -0.830. The molecule has 1 N–H and O–H groups in total. The van der Waals surface area contributed by atoms with Crippen molar-refractivity contribution < 1.29 is 4.79 Å². The van der Waals surface area contributed by atoms with E-state index in [4.69, 9.17) is 0 Å². The number of carbonyl (C=O) groups excluding carboxylic acids is 1. The number of hydrogen-bond acceptors (Lipinski definition) is 2. The third-order valence-electron chi connectivity index (χ3n) is 4.16. The Morgan fingerprint density at radius 3 is 2.83 bits per heavy atom. The minimum Gasteiger partial charge on any atom is -0.317 e. The highest BCUT2D eigenvalue weighted by atomic mass is 32.1. The smallest absolute Gasteiger partial charge is 0.228 e. The molecule has 1 aromatic rings. The lowest BCUT2D eigenvalue weighted by molar-refractivity contribution is -0.117. The Morgan fingerprint density at radius 2 is 2.17 bits per heavy atom. The molecule has 0 aromatic carbocycles. The number of aryl methyl sites for hydroxylation is 1. The van der Waals surface area contributed by atoms with Crippen LogP contribution in [0.5, 0.6) is 0 Å². The summed E-state index contributed by atoms with van der Waals surface area (Å²) >= 11 is 1.83. The molecule has 1 heterocycles. The fourth-order valence-corrected chi connectivity index (χ4v) is 4.19. The van der Waals surface area contributed by atoms with Gasteiger partial charge in [0, 0.05) is 10.8 Å². The summed E-state index contributed by atoms with van der Waals surface area (Å²) in [5, 5.41) is 4.32. The average Bonchev–Trinajstić information content (AvgIpc) is 3.13. The average molecular weight is 263 g/mol. The summed E-state index contributed by atoms with van der Waals surface area (Å²) < 4.78 is 0. The molecule has 0 bridgehead atoms. The number of thiophene rings is 1. The van der Waals surface area contributed by atoms with E-state index >= 15 is 0 Å². The van der Waals surface area contributed by atoms with Crippen LogP contribution in [0.1, 0.15) is 49.1 Å². The first-order valence-electron chi connectivity index (χ1n) is 7.13. The van der Waals surface area contributed by atoms with Crippen molar-refractivity contribution in [3.8, 4) is 0 Å². The van der Waals surface area contributed by atoms with E-state index in [0.717, 1.165) is 30.2 Å². The van der Waals surface area contributed by atoms with Gasteiger partial charge in [-0.1, -0.05) is 13.8 Å². The van der Waals surface area contributed by atoms with Crippen molar-refractivity contribution in [3.63, 3.8) is 0 Å². The lowest BCUT2D eigenvalue weighted by Crippen LogP contribution is -2.14. The van der Waals surface area contributed by atoms with Crippen molar-refractivity contribution in [2.45, 2.75) is 52.4 Å². The minimum absolute atomic E-state index is 0.247. The van der Waals surface area contributed by atoms with Gasteiger partial charge in [-0.15, -0.1) is 11.3 Å². The molecular formula is C15H21NOS. The molecule has 1 atom stereocenters. The van der Waals surface area contributed by atoms with Gasteiger partial charge in [0.1, 0.15) is 0 Å². The third-order valence-corrected chi connectivity index (χ3v) is 5.40. The van der Waals surface area contributed by atoms with Crippen LogP contribution in [0, 0.1) is 11.8 Å². The minimum atomic E-state index is 0.247. The summed E-state index contributed by atoms with van der Waals surface area (Å²) in [6, 6.07) is 0. The van der Waals surface area contributed by atoms with Gasteiger partial charge in [0.25, 0.3) is 0 Å². The Balaban J connectivity index is 1.87. The molecule has 98 valence electrons. The van der Waals surface area contributed by atoms with Crippen LogP contribution >= 0.6 is 11.3 Å². The normalized spacial score (nSPS) is 22.7. The molecule has 2 nitrogen and oxygen atoms in total. The van der Waals surface area contributed by atoms with E-state index in [1.807, 2.05) is 11.3 Å². The standard InChI is InChI=1S/C15H21NOS/c1-3-11-12-8-9(2)4-7-13(12)18-15(11)16-14(17)10-5-6-10/h9-10H,3-8H2,1-2H3,(H,16,17). The van der Waals surface area contributed by atoms with Gasteiger partial charge in [-0.2, -0.15) is 0 Å². The van der Waals surface area contributed by atoms with Crippen LogP contribution in [-0.2, 0) is 24.1 Å². The van der Waals surface area contributed by atoms with E-state index in [2.05, 4.69) is 19.2 Å². The van der Waals surface area contributed by atoms with Crippen molar-refractivity contribution in [2.24, 2.45) is 11.8 Å². The first-order chi connectivity index (χ1) is 8.69. The van der Waals surface area contributed by atoms with Crippen LogP contribution in [0.25, 0.3) is 0 Å². The molecule has 0 saturated heterocycles. The summed E-state index contributed by atoms with van der Waals surface area (Å²) in [4.78, 5) is 13.4. The van der Waals surface area contributed by atoms with E-state index in [1.165, 1.54) is 29.7 Å². The number of rotatable bonds is 3. The molecule has 1 amide bonds. The van der Waals surface area contributed by atoms with Gasteiger partial charge in [-0.25, -0.2) is 0 Å². The van der Waals surface area contributed by atoms with Crippen LogP contribution in [0.15, 0.2) is 0 Å². The van der Waals surface area contributed by atoms with Gasteiger partial charge < -0.3 is 5.32 Å². The van der Waals surface area contributed by atoms with Gasteiger partial charge >= 0.3 is 0 Å². The predicted octanol–water partition coefficient (Wildman–Crippen LogP) is 3.78. The van der Waals surface area contributed by atoms with Crippen molar-refractivity contribution in [1.82, 2.24) is 0 Å². The van der Waals surface area contributed by atoms with E-state index < -0.39 is 0 Å². The summed E-state index contributed by atoms with van der Waals surface area (Å²) in [5.74, 6) is 1.34. The van der Waals surface area contributed by atoms with E-state index in [1.54, 1.807) is 5.56 Å². The van der Waals surface area contributed by atoms with Gasteiger partial charge in [0.2, 0.25) is 5.91 Å². The zero-order valence-electron chi connectivity index (χ0n) is 11.2. The maximum atomic E-state index is 11.9. The molecule has 18 heavy (non-hydrogen) atoms. The van der Waals surface area contributed by atoms with Crippen molar-refractivity contribution in [3.05, 3.63) is 16.0 Å². The van der Waals surface area contributed by atoms with Crippen molar-refractivity contribution >= 4 is 22.2 Å². The highest BCUT2D eigenvalue weighted by Crippen LogP contribution is 2.41. The Kier molecular flexibility index (Phi) is 3.18. The van der Waals surface area contributed by atoms with Crippen LogP contribution < -0.4 is 5.32 Å². The molecule has 0 aliphatic heterocycles. The number of hydrogen-bond donors (Lipinski definition) is 1. The first-order valence-corrected chi connectivity index (χ1v) is 7.95. The van der Waals surface area contributed by atoms with E-state index in [0.29, 0.717) is 5.92 Å². The Bertz CT molecular complexity index is 473. The summed E-state index contributed by atoms with van der Waals surface area (Å²) in [5.41, 5.74) is 2.96. The largest absolute Gasteiger partial charge is 0.317 e. The maximum Gasteiger partial charge on any atom is 0.228 e. The monoisotopic (exact) mass is 263 g/mol. The van der Waals surface area contributed by atoms with Crippen LogP contribution in [0.4, 0.5) is 5.00 Å². The lowest BCUT2D eigenvalue weighted by atomic mass is 9.87. The first kappa shape index (κ1) is 12.2. The molecule has 1 fully saturated rings. The second-order valence-electron chi connectivity index (χ2n) is 5.78. The Morgan fingerprint density at radius 1 is 1.39 bits per heavy atom. The topological polar surface area (TPSA) is 29.1 Å². The second-order valence-corrected chi connectivity index (χ2v) is 6.88. The maximum absolute atomic E-state index is 11.9. The van der Waals surface area contributed by atoms with Gasteiger partial charge in [-0.05, 0) is 55.6 Å². The molecule has 2 aliphatic rings. The SMILES string of the molecule is CCc1c(NC(=O)C2CC2)sc2c1CC(C)CC2. The number of carbonyl (C=O) groups is 1. The fraction of sp³-hybridized carbons (Fsp3) is 0.667. The quantitative estimate of drug-likeness (QED) is 0.883. The van der Waals surface area contributed by atoms with Gasteiger partial charge in [0.05, 0.1) is 5.00 Å². The van der Waals surface area contributed by atoms with Crippen LogP contribution in [0.2, 0.25) is 0 Å². The molecular weight excluding hydrogens is 242 g/mol. The molecule has 0 radical (unpaired) electrons. The van der Waals surface area contributed by atoms with Crippen molar-refractivity contribution in [1.29, 1.82) is 0 Å². The molecule has 1 unspecified atom stereocenters. The predicted molar refractivity (Wildman–Crippen MR) is 76.2 cm³/mol. The molecule has 0 spiro atoms. The lowest BCUT2D eigenvalue weighted by Gasteiger charge is -2.18. The summed E-state index contributed by atoms with van der Waals surface area (Å²) in [6.45, 7) is 4.54. The number of anilines is 1.